The van der Waals surface area contributed by atoms with Crippen molar-refractivity contribution < 1.29 is 4.39 Å². The van der Waals surface area contributed by atoms with Gasteiger partial charge in [-0.15, -0.1) is 0 Å². The molecule has 0 aliphatic carbocycles. The van der Waals surface area contributed by atoms with Crippen LogP contribution in [0, 0.1) is 9.39 Å². The van der Waals surface area contributed by atoms with E-state index >= 15 is 0 Å². The molecule has 6 heteroatoms. The predicted octanol–water partition coefficient (Wildman–Crippen LogP) is 5.03. The van der Waals surface area contributed by atoms with Gasteiger partial charge >= 0.3 is 0 Å². The number of benzene rings is 1. The SMILES string of the molecule is CCCNc1nc(-c2ccc(F)cc2Br)nc(CC)c1I. The second kappa shape index (κ2) is 7.49. The molecule has 0 fully saturated rings. The molecule has 0 aliphatic heterocycles. The van der Waals surface area contributed by atoms with Crippen LogP contribution < -0.4 is 5.32 Å². The third-order valence-electron chi connectivity index (χ3n) is 2.97. The Bertz CT molecular complexity index is 649. The number of nitrogens with zero attached hydrogens (tertiary/aromatic N) is 2. The van der Waals surface area contributed by atoms with E-state index in [2.05, 4.69) is 67.7 Å². The van der Waals surface area contributed by atoms with Crippen molar-refractivity contribution in [3.8, 4) is 11.4 Å². The van der Waals surface area contributed by atoms with E-state index in [-0.39, 0.29) is 5.82 Å². The van der Waals surface area contributed by atoms with Gasteiger partial charge in [0, 0.05) is 16.6 Å². The number of rotatable bonds is 5. The van der Waals surface area contributed by atoms with Crippen molar-refractivity contribution in [2.24, 2.45) is 0 Å². The minimum absolute atomic E-state index is 0.281. The fourth-order valence-electron chi connectivity index (χ4n) is 1.88. The smallest absolute Gasteiger partial charge is 0.162 e. The van der Waals surface area contributed by atoms with Gasteiger partial charge < -0.3 is 5.32 Å². The molecule has 1 aromatic carbocycles. The van der Waals surface area contributed by atoms with E-state index in [0.717, 1.165) is 40.0 Å². The highest BCUT2D eigenvalue weighted by Crippen LogP contribution is 2.29. The number of nitrogens with one attached hydrogen (secondary N) is 1. The Morgan fingerprint density at radius 1 is 1.29 bits per heavy atom. The summed E-state index contributed by atoms with van der Waals surface area (Å²) in [6, 6.07) is 4.55. The molecule has 0 amide bonds. The maximum atomic E-state index is 13.2. The van der Waals surface area contributed by atoms with Gasteiger partial charge in [-0.3, -0.25) is 0 Å². The van der Waals surface area contributed by atoms with Crippen LogP contribution in [0.4, 0.5) is 10.2 Å². The highest BCUT2D eigenvalue weighted by atomic mass is 127. The molecule has 21 heavy (non-hydrogen) atoms. The summed E-state index contributed by atoms with van der Waals surface area (Å²) in [6.45, 7) is 5.04. The quantitative estimate of drug-likeness (QED) is 0.631. The lowest BCUT2D eigenvalue weighted by Crippen LogP contribution is -2.09. The van der Waals surface area contributed by atoms with Gasteiger partial charge in [0.2, 0.25) is 0 Å². The summed E-state index contributed by atoms with van der Waals surface area (Å²) in [5, 5.41) is 3.33. The molecular formula is C15H16BrFIN3. The second-order valence-electron chi connectivity index (χ2n) is 4.56. The Kier molecular flexibility index (Phi) is 5.92. The van der Waals surface area contributed by atoms with Crippen molar-refractivity contribution in [1.29, 1.82) is 0 Å². The normalized spacial score (nSPS) is 10.7. The highest BCUT2D eigenvalue weighted by Gasteiger charge is 2.14. The topological polar surface area (TPSA) is 37.8 Å². The first-order valence-corrected chi connectivity index (χ1v) is 8.69. The first-order chi connectivity index (χ1) is 10.1. The minimum atomic E-state index is -0.281. The molecule has 112 valence electrons. The van der Waals surface area contributed by atoms with Crippen LogP contribution in [0.5, 0.6) is 0 Å². The van der Waals surface area contributed by atoms with E-state index < -0.39 is 0 Å². The Morgan fingerprint density at radius 2 is 2.05 bits per heavy atom. The molecule has 1 aromatic heterocycles. The molecule has 0 bridgehead atoms. The van der Waals surface area contributed by atoms with Crippen molar-refractivity contribution in [2.45, 2.75) is 26.7 Å². The largest absolute Gasteiger partial charge is 0.369 e. The molecule has 0 aliphatic rings. The van der Waals surface area contributed by atoms with Crippen LogP contribution in [-0.4, -0.2) is 16.5 Å². The molecule has 0 atom stereocenters. The van der Waals surface area contributed by atoms with Crippen molar-refractivity contribution in [3.05, 3.63) is 37.8 Å². The average molecular weight is 464 g/mol. The number of hydrogen-bond acceptors (Lipinski definition) is 3. The number of aryl methyl sites for hydroxylation is 1. The zero-order valence-corrected chi connectivity index (χ0v) is 15.6. The summed E-state index contributed by atoms with van der Waals surface area (Å²) in [7, 11) is 0. The van der Waals surface area contributed by atoms with Crippen molar-refractivity contribution >= 4 is 44.3 Å². The van der Waals surface area contributed by atoms with Gasteiger partial charge in [-0.05, 0) is 69.6 Å². The van der Waals surface area contributed by atoms with Crippen LogP contribution in [0.2, 0.25) is 0 Å². The summed E-state index contributed by atoms with van der Waals surface area (Å²) in [5.41, 5.74) is 1.79. The van der Waals surface area contributed by atoms with Crippen LogP contribution in [0.25, 0.3) is 11.4 Å². The summed E-state index contributed by atoms with van der Waals surface area (Å²) in [6.07, 6.45) is 1.85. The molecule has 1 N–H and O–H groups in total. The minimum Gasteiger partial charge on any atom is -0.369 e. The molecule has 0 radical (unpaired) electrons. The third-order valence-corrected chi connectivity index (χ3v) is 4.76. The van der Waals surface area contributed by atoms with E-state index in [1.807, 2.05) is 0 Å². The summed E-state index contributed by atoms with van der Waals surface area (Å²) in [5.74, 6) is 1.17. The number of halogens is 3. The van der Waals surface area contributed by atoms with Crippen LogP contribution >= 0.6 is 38.5 Å². The van der Waals surface area contributed by atoms with Gasteiger partial charge in [-0.1, -0.05) is 13.8 Å². The van der Waals surface area contributed by atoms with E-state index in [0.29, 0.717) is 10.3 Å². The van der Waals surface area contributed by atoms with Crippen molar-refractivity contribution in [3.63, 3.8) is 0 Å². The first kappa shape index (κ1) is 16.6. The van der Waals surface area contributed by atoms with Crippen LogP contribution in [0.3, 0.4) is 0 Å². The Balaban J connectivity index is 2.52. The fraction of sp³-hybridized carbons (Fsp3) is 0.333. The highest BCUT2D eigenvalue weighted by molar-refractivity contribution is 14.1. The third kappa shape index (κ3) is 3.91. The average Bonchev–Trinajstić information content (AvgIpc) is 2.46. The van der Waals surface area contributed by atoms with E-state index in [1.54, 1.807) is 6.07 Å². The summed E-state index contributed by atoms with van der Waals surface area (Å²) >= 11 is 5.66. The van der Waals surface area contributed by atoms with E-state index in [1.165, 1.54) is 12.1 Å². The number of aromatic nitrogens is 2. The molecular weight excluding hydrogens is 448 g/mol. The van der Waals surface area contributed by atoms with E-state index in [9.17, 15) is 4.39 Å². The van der Waals surface area contributed by atoms with Crippen LogP contribution in [0.15, 0.2) is 22.7 Å². The maximum Gasteiger partial charge on any atom is 0.162 e. The lowest BCUT2D eigenvalue weighted by Gasteiger charge is -2.12. The van der Waals surface area contributed by atoms with Crippen LogP contribution in [0.1, 0.15) is 26.0 Å². The monoisotopic (exact) mass is 463 g/mol. The zero-order chi connectivity index (χ0) is 15.4. The molecule has 1 heterocycles. The number of anilines is 1. The Labute approximate surface area is 146 Å². The standard InChI is InChI=1S/C15H16BrFIN3/c1-3-7-19-15-13(18)12(4-2)20-14(21-15)10-6-5-9(17)8-11(10)16/h5-6,8H,3-4,7H2,1-2H3,(H,19,20,21). The van der Waals surface area contributed by atoms with Crippen LogP contribution in [-0.2, 0) is 6.42 Å². The molecule has 0 unspecified atom stereocenters. The van der Waals surface area contributed by atoms with Gasteiger partial charge in [0.15, 0.2) is 5.82 Å². The summed E-state index contributed by atoms with van der Waals surface area (Å²) in [4.78, 5) is 9.21. The summed E-state index contributed by atoms with van der Waals surface area (Å²) < 4.78 is 14.9. The molecule has 0 saturated carbocycles. The lowest BCUT2D eigenvalue weighted by atomic mass is 10.2. The van der Waals surface area contributed by atoms with Gasteiger partial charge in [0.25, 0.3) is 0 Å². The predicted molar refractivity (Wildman–Crippen MR) is 96.0 cm³/mol. The van der Waals surface area contributed by atoms with Crippen molar-refractivity contribution in [1.82, 2.24) is 9.97 Å². The fourth-order valence-corrected chi connectivity index (χ4v) is 3.22. The Morgan fingerprint density at radius 3 is 2.67 bits per heavy atom. The van der Waals surface area contributed by atoms with Gasteiger partial charge in [0.1, 0.15) is 11.6 Å². The molecule has 2 rings (SSSR count). The molecule has 0 spiro atoms. The van der Waals surface area contributed by atoms with Crippen molar-refractivity contribution in [2.75, 3.05) is 11.9 Å². The molecule has 3 nitrogen and oxygen atoms in total. The molecule has 0 saturated heterocycles. The molecule has 2 aromatic rings. The maximum absolute atomic E-state index is 13.2. The first-order valence-electron chi connectivity index (χ1n) is 6.82. The Hall–Kier alpha value is -0.760. The van der Waals surface area contributed by atoms with Gasteiger partial charge in [-0.25, -0.2) is 14.4 Å². The lowest BCUT2D eigenvalue weighted by molar-refractivity contribution is 0.627. The zero-order valence-electron chi connectivity index (χ0n) is 11.9. The second-order valence-corrected chi connectivity index (χ2v) is 6.49. The van der Waals surface area contributed by atoms with E-state index in [4.69, 9.17) is 0 Å². The van der Waals surface area contributed by atoms with Gasteiger partial charge in [0.05, 0.1) is 9.26 Å². The number of hydrogen-bond donors (Lipinski definition) is 1. The van der Waals surface area contributed by atoms with Gasteiger partial charge in [-0.2, -0.15) is 0 Å².